The lowest BCUT2D eigenvalue weighted by molar-refractivity contribution is -0.167. The number of esters is 3. The van der Waals surface area contributed by atoms with Crippen LogP contribution in [0.15, 0.2) is 36.5 Å². The fourth-order valence-corrected chi connectivity index (χ4v) is 8.28. The Morgan fingerprint density at radius 2 is 0.569 bits per heavy atom. The molecule has 6 heteroatoms. The highest BCUT2D eigenvalue weighted by Gasteiger charge is 2.19. The van der Waals surface area contributed by atoms with Gasteiger partial charge in [-0.3, -0.25) is 14.4 Å². The fraction of sp³-hybridized carbons (Fsp3) is 0.847. The van der Waals surface area contributed by atoms with Crippen LogP contribution in [-0.4, -0.2) is 37.2 Å². The minimum absolute atomic E-state index is 0.0758. The van der Waals surface area contributed by atoms with Gasteiger partial charge >= 0.3 is 17.9 Å². The Hall–Kier alpha value is -2.37. The van der Waals surface area contributed by atoms with Crippen LogP contribution >= 0.6 is 0 Å². The van der Waals surface area contributed by atoms with Crippen molar-refractivity contribution in [2.24, 2.45) is 0 Å². The molecule has 0 aromatic rings. The Morgan fingerprint density at radius 1 is 0.308 bits per heavy atom. The lowest BCUT2D eigenvalue weighted by Gasteiger charge is -2.18. The summed E-state index contributed by atoms with van der Waals surface area (Å²) in [6, 6.07) is 0. The van der Waals surface area contributed by atoms with E-state index in [9.17, 15) is 14.4 Å². The molecule has 0 saturated heterocycles. The van der Waals surface area contributed by atoms with Crippen molar-refractivity contribution in [3.05, 3.63) is 36.5 Å². The topological polar surface area (TPSA) is 78.9 Å². The maximum atomic E-state index is 12.8. The summed E-state index contributed by atoms with van der Waals surface area (Å²) in [4.78, 5) is 38.1. The van der Waals surface area contributed by atoms with E-state index in [1.807, 2.05) is 0 Å². The van der Waals surface area contributed by atoms with Gasteiger partial charge < -0.3 is 14.2 Å². The smallest absolute Gasteiger partial charge is 0.306 e. The average Bonchev–Trinajstić information content (AvgIpc) is 3.30. The Bertz CT molecular complexity index is 1090. The SMILES string of the molecule is CCCC/C=C\C/C=C\CCCCCCCC(=O)O[C@@H](COC(=O)CCCCCCCCC/C=C\CCCCCCCCCC)COC(=O)CCCCCCCCCCCCCCCC. The third-order valence-electron chi connectivity index (χ3n) is 12.6. The molecule has 0 fully saturated rings. The first-order chi connectivity index (χ1) is 32.0. The minimum Gasteiger partial charge on any atom is -0.462 e. The van der Waals surface area contributed by atoms with E-state index >= 15 is 0 Å². The van der Waals surface area contributed by atoms with Crippen LogP contribution in [0.2, 0.25) is 0 Å². The van der Waals surface area contributed by atoms with Crippen LogP contribution in [0.4, 0.5) is 0 Å². The van der Waals surface area contributed by atoms with Crippen LogP contribution in [0, 0.1) is 0 Å². The van der Waals surface area contributed by atoms with Crippen molar-refractivity contribution in [2.75, 3.05) is 13.2 Å². The van der Waals surface area contributed by atoms with Crippen LogP contribution in [0.3, 0.4) is 0 Å². The van der Waals surface area contributed by atoms with Crippen LogP contribution in [-0.2, 0) is 28.6 Å². The maximum absolute atomic E-state index is 12.8. The quantitative estimate of drug-likeness (QED) is 0.0262. The lowest BCUT2D eigenvalue weighted by atomic mass is 10.0. The van der Waals surface area contributed by atoms with Gasteiger partial charge in [-0.15, -0.1) is 0 Å². The van der Waals surface area contributed by atoms with E-state index in [4.69, 9.17) is 14.2 Å². The van der Waals surface area contributed by atoms with Gasteiger partial charge in [0.25, 0.3) is 0 Å². The molecule has 0 amide bonds. The van der Waals surface area contributed by atoms with E-state index in [0.717, 1.165) is 83.5 Å². The second-order valence-corrected chi connectivity index (χ2v) is 19.2. The number of rotatable bonds is 52. The summed E-state index contributed by atoms with van der Waals surface area (Å²) in [7, 11) is 0. The monoisotopic (exact) mass is 913 g/mol. The zero-order chi connectivity index (χ0) is 47.2. The highest BCUT2D eigenvalue weighted by Crippen LogP contribution is 2.16. The molecule has 0 bridgehead atoms. The third-order valence-corrected chi connectivity index (χ3v) is 12.6. The molecule has 0 aliphatic heterocycles. The molecular weight excluding hydrogens is 805 g/mol. The molecule has 0 aliphatic carbocycles. The Morgan fingerprint density at radius 3 is 0.908 bits per heavy atom. The summed E-state index contributed by atoms with van der Waals surface area (Å²) < 4.78 is 16.8. The van der Waals surface area contributed by atoms with Crippen molar-refractivity contribution in [3.63, 3.8) is 0 Å². The Kier molecular flexibility index (Phi) is 52.3. The van der Waals surface area contributed by atoms with Gasteiger partial charge in [0.1, 0.15) is 13.2 Å². The highest BCUT2D eigenvalue weighted by molar-refractivity contribution is 5.71. The number of unbranched alkanes of at least 4 members (excludes halogenated alkanes) is 35. The molecule has 0 rings (SSSR count). The zero-order valence-electron chi connectivity index (χ0n) is 43.5. The van der Waals surface area contributed by atoms with Crippen LogP contribution < -0.4 is 0 Å². The summed E-state index contributed by atoms with van der Waals surface area (Å²) in [5.41, 5.74) is 0. The van der Waals surface area contributed by atoms with E-state index in [2.05, 4.69) is 57.2 Å². The second-order valence-electron chi connectivity index (χ2n) is 19.2. The molecule has 65 heavy (non-hydrogen) atoms. The second kappa shape index (κ2) is 54.2. The first-order valence-electron chi connectivity index (χ1n) is 28.5. The van der Waals surface area contributed by atoms with E-state index in [1.54, 1.807) is 0 Å². The van der Waals surface area contributed by atoms with Gasteiger partial charge in [-0.2, -0.15) is 0 Å². The first kappa shape index (κ1) is 62.6. The van der Waals surface area contributed by atoms with Gasteiger partial charge in [-0.25, -0.2) is 0 Å². The maximum Gasteiger partial charge on any atom is 0.306 e. The van der Waals surface area contributed by atoms with Gasteiger partial charge in [0.2, 0.25) is 0 Å². The van der Waals surface area contributed by atoms with Gasteiger partial charge in [-0.05, 0) is 70.6 Å². The molecular formula is C59H108O6. The molecule has 1 atom stereocenters. The van der Waals surface area contributed by atoms with Crippen LogP contribution in [0.1, 0.15) is 303 Å². The van der Waals surface area contributed by atoms with Gasteiger partial charge in [-0.1, -0.05) is 250 Å². The van der Waals surface area contributed by atoms with Gasteiger partial charge in [0.15, 0.2) is 6.10 Å². The Balaban J connectivity index is 4.34. The van der Waals surface area contributed by atoms with Crippen molar-refractivity contribution in [2.45, 2.75) is 309 Å². The minimum atomic E-state index is -0.778. The average molecular weight is 914 g/mol. The molecule has 380 valence electrons. The first-order valence-corrected chi connectivity index (χ1v) is 28.5. The number of carbonyl (C=O) groups is 3. The Labute approximate surface area is 404 Å². The van der Waals surface area contributed by atoms with E-state index < -0.39 is 6.10 Å². The highest BCUT2D eigenvalue weighted by atomic mass is 16.6. The summed E-state index contributed by atoms with van der Waals surface area (Å²) in [5, 5.41) is 0. The van der Waals surface area contributed by atoms with Gasteiger partial charge in [0, 0.05) is 19.3 Å². The number of hydrogen-bond acceptors (Lipinski definition) is 6. The predicted octanol–water partition coefficient (Wildman–Crippen LogP) is 18.9. The van der Waals surface area contributed by atoms with Crippen molar-refractivity contribution in [1.29, 1.82) is 0 Å². The molecule has 0 aliphatic rings. The third kappa shape index (κ3) is 52.5. The largest absolute Gasteiger partial charge is 0.462 e. The molecule has 0 N–H and O–H groups in total. The summed E-state index contributed by atoms with van der Waals surface area (Å²) in [6.07, 6.45) is 64.1. The number of hydrogen-bond donors (Lipinski definition) is 0. The predicted molar refractivity (Wildman–Crippen MR) is 279 cm³/mol. The molecule has 0 saturated carbocycles. The number of carbonyl (C=O) groups excluding carboxylic acids is 3. The van der Waals surface area contributed by atoms with E-state index in [0.29, 0.717) is 19.3 Å². The molecule has 0 unspecified atom stereocenters. The van der Waals surface area contributed by atoms with Crippen molar-refractivity contribution in [3.8, 4) is 0 Å². The summed E-state index contributed by atoms with van der Waals surface area (Å²) >= 11 is 0. The van der Waals surface area contributed by atoms with Crippen molar-refractivity contribution >= 4 is 17.9 Å². The molecule has 6 nitrogen and oxygen atoms in total. The number of allylic oxidation sites excluding steroid dienone is 6. The van der Waals surface area contributed by atoms with Crippen molar-refractivity contribution in [1.82, 2.24) is 0 Å². The fourth-order valence-electron chi connectivity index (χ4n) is 8.28. The van der Waals surface area contributed by atoms with Gasteiger partial charge in [0.05, 0.1) is 0 Å². The molecule has 0 spiro atoms. The summed E-state index contributed by atoms with van der Waals surface area (Å²) in [6.45, 7) is 6.62. The summed E-state index contributed by atoms with van der Waals surface area (Å²) in [5.74, 6) is -0.879. The normalized spacial score (nSPS) is 12.2. The molecule has 0 aromatic carbocycles. The molecule has 0 radical (unpaired) electrons. The van der Waals surface area contributed by atoms with Crippen LogP contribution in [0.25, 0.3) is 0 Å². The number of ether oxygens (including phenoxy) is 3. The molecule has 0 heterocycles. The lowest BCUT2D eigenvalue weighted by Crippen LogP contribution is -2.30. The van der Waals surface area contributed by atoms with E-state index in [1.165, 1.54) is 180 Å². The van der Waals surface area contributed by atoms with Crippen LogP contribution in [0.5, 0.6) is 0 Å². The van der Waals surface area contributed by atoms with E-state index in [-0.39, 0.29) is 31.1 Å². The standard InChI is InChI=1S/C59H108O6/c1-4-7-10-13-16-19-22-25-28-29-30-31-32-35-37-40-43-46-49-52-58(61)64-55-56(65-59(62)53-50-47-44-41-38-34-27-24-21-18-15-12-9-6-3)54-63-57(60)51-48-45-42-39-36-33-26-23-20-17-14-11-8-5-2/h15,18,24,27,29-30,56H,4-14,16-17,19-23,25-26,28,31-55H2,1-3H3/b18-15-,27-24-,30-29-/t56-/m1/s1. The molecule has 0 aromatic heterocycles. The zero-order valence-corrected chi connectivity index (χ0v) is 43.5. The van der Waals surface area contributed by atoms with Crippen molar-refractivity contribution < 1.29 is 28.6 Å².